The third-order valence-electron chi connectivity index (χ3n) is 2.14. The van der Waals surface area contributed by atoms with E-state index in [-0.39, 0.29) is 11.6 Å². The molecule has 1 aromatic carbocycles. The van der Waals surface area contributed by atoms with Gasteiger partial charge in [0.15, 0.2) is 5.11 Å². The summed E-state index contributed by atoms with van der Waals surface area (Å²) >= 11 is 5.26. The highest BCUT2D eigenvalue weighted by Crippen LogP contribution is 2.11. The second kappa shape index (κ2) is 5.30. The maximum absolute atomic E-state index is 5.26. The van der Waals surface area contributed by atoms with Gasteiger partial charge in [-0.05, 0) is 45.5 Å². The van der Waals surface area contributed by atoms with Gasteiger partial charge in [-0.25, -0.2) is 0 Å². The van der Waals surface area contributed by atoms with Crippen LogP contribution in [0.3, 0.4) is 0 Å². The van der Waals surface area contributed by atoms with E-state index in [9.17, 15) is 0 Å². The van der Waals surface area contributed by atoms with E-state index in [0.717, 1.165) is 0 Å². The Morgan fingerprint density at radius 3 is 2.25 bits per heavy atom. The fraction of sp³-hybridized carbons (Fsp3) is 0.462. The van der Waals surface area contributed by atoms with Gasteiger partial charge in [-0.2, -0.15) is 0 Å². The van der Waals surface area contributed by atoms with Gasteiger partial charge in [-0.1, -0.05) is 30.3 Å². The maximum atomic E-state index is 5.26. The Morgan fingerprint density at radius 1 is 1.19 bits per heavy atom. The summed E-state index contributed by atoms with van der Waals surface area (Å²) in [5.41, 5.74) is 1.24. The van der Waals surface area contributed by atoms with Crippen LogP contribution in [0.4, 0.5) is 0 Å². The molecule has 0 amide bonds. The van der Waals surface area contributed by atoms with Gasteiger partial charge in [-0.3, -0.25) is 0 Å². The van der Waals surface area contributed by atoms with E-state index >= 15 is 0 Å². The molecule has 0 aliphatic heterocycles. The Balaban J connectivity index is 2.52. The van der Waals surface area contributed by atoms with Crippen LogP contribution >= 0.6 is 12.2 Å². The second-order valence-electron chi connectivity index (χ2n) is 4.98. The summed E-state index contributed by atoms with van der Waals surface area (Å²) in [6.45, 7) is 8.38. The monoisotopic (exact) mass is 236 g/mol. The van der Waals surface area contributed by atoms with Gasteiger partial charge in [-0.15, -0.1) is 0 Å². The largest absolute Gasteiger partial charge is 0.358 e. The molecule has 2 N–H and O–H groups in total. The van der Waals surface area contributed by atoms with Crippen molar-refractivity contribution in [3.8, 4) is 0 Å². The van der Waals surface area contributed by atoms with Crippen LogP contribution in [0.15, 0.2) is 30.3 Å². The summed E-state index contributed by atoms with van der Waals surface area (Å²) in [6.07, 6.45) is 0. The molecule has 0 aromatic heterocycles. The summed E-state index contributed by atoms with van der Waals surface area (Å²) in [5.74, 6) is 0. The Hall–Kier alpha value is -1.09. The number of rotatable bonds is 2. The fourth-order valence-corrected chi connectivity index (χ4v) is 1.88. The Bertz CT molecular complexity index is 341. The van der Waals surface area contributed by atoms with Gasteiger partial charge in [0.1, 0.15) is 0 Å². The predicted molar refractivity (Wildman–Crippen MR) is 73.5 cm³/mol. The topological polar surface area (TPSA) is 24.1 Å². The van der Waals surface area contributed by atoms with E-state index in [4.69, 9.17) is 12.2 Å². The van der Waals surface area contributed by atoms with Gasteiger partial charge in [0, 0.05) is 5.54 Å². The van der Waals surface area contributed by atoms with Crippen molar-refractivity contribution in [2.24, 2.45) is 0 Å². The van der Waals surface area contributed by atoms with Crippen molar-refractivity contribution in [3.63, 3.8) is 0 Å². The van der Waals surface area contributed by atoms with Crippen molar-refractivity contribution in [3.05, 3.63) is 35.9 Å². The summed E-state index contributed by atoms with van der Waals surface area (Å²) in [6, 6.07) is 10.5. The zero-order valence-corrected chi connectivity index (χ0v) is 11.2. The molecule has 0 bridgehead atoms. The highest BCUT2D eigenvalue weighted by Gasteiger charge is 2.12. The third kappa shape index (κ3) is 4.62. The number of thiocarbonyl (C=S) groups is 1. The van der Waals surface area contributed by atoms with Gasteiger partial charge in [0.05, 0.1) is 6.04 Å². The van der Waals surface area contributed by atoms with Crippen LogP contribution < -0.4 is 10.6 Å². The van der Waals surface area contributed by atoms with Crippen LogP contribution in [0, 0.1) is 0 Å². The smallest absolute Gasteiger partial charge is 0.167 e. The molecule has 0 aliphatic rings. The van der Waals surface area contributed by atoms with Crippen LogP contribution in [-0.2, 0) is 0 Å². The first kappa shape index (κ1) is 13.0. The molecule has 0 fully saturated rings. The number of nitrogens with one attached hydrogen (secondary N) is 2. The molecule has 0 spiro atoms. The molecule has 3 heteroatoms. The minimum absolute atomic E-state index is 0.000487. The predicted octanol–water partition coefficient (Wildman–Crippen LogP) is 3.01. The molecule has 0 saturated heterocycles. The minimum Gasteiger partial charge on any atom is -0.358 e. The molecular weight excluding hydrogens is 216 g/mol. The molecule has 88 valence electrons. The number of benzene rings is 1. The summed E-state index contributed by atoms with van der Waals surface area (Å²) in [4.78, 5) is 0. The van der Waals surface area contributed by atoms with Gasteiger partial charge in [0.25, 0.3) is 0 Å². The molecule has 0 radical (unpaired) electrons. The van der Waals surface area contributed by atoms with Crippen molar-refractivity contribution in [1.29, 1.82) is 0 Å². The number of hydrogen-bond donors (Lipinski definition) is 2. The van der Waals surface area contributed by atoms with Gasteiger partial charge in [0.2, 0.25) is 0 Å². The lowest BCUT2D eigenvalue weighted by molar-refractivity contribution is 0.502. The van der Waals surface area contributed by atoms with Crippen molar-refractivity contribution >= 4 is 17.3 Å². The first-order chi connectivity index (χ1) is 7.38. The molecule has 1 atom stereocenters. The van der Waals surface area contributed by atoms with Crippen LogP contribution in [0.5, 0.6) is 0 Å². The molecule has 16 heavy (non-hydrogen) atoms. The van der Waals surface area contributed by atoms with E-state index in [1.807, 2.05) is 18.2 Å². The van der Waals surface area contributed by atoms with Crippen LogP contribution in [0.2, 0.25) is 0 Å². The first-order valence-corrected chi connectivity index (χ1v) is 5.93. The lowest BCUT2D eigenvalue weighted by Gasteiger charge is -2.25. The summed E-state index contributed by atoms with van der Waals surface area (Å²) in [7, 11) is 0. The SMILES string of the molecule is CC(NC(=S)NC(C)(C)C)c1ccccc1. The molecular formula is C13H20N2S. The molecule has 0 heterocycles. The third-order valence-corrected chi connectivity index (χ3v) is 2.36. The zero-order chi connectivity index (χ0) is 12.2. The minimum atomic E-state index is 0.000487. The average molecular weight is 236 g/mol. The standard InChI is InChI=1S/C13H20N2S/c1-10(11-8-6-5-7-9-11)14-12(16)15-13(2,3)4/h5-10H,1-4H3,(H2,14,15,16). The molecule has 0 saturated carbocycles. The molecule has 2 nitrogen and oxygen atoms in total. The molecule has 0 aliphatic carbocycles. The van der Waals surface area contributed by atoms with E-state index in [2.05, 4.69) is 50.5 Å². The first-order valence-electron chi connectivity index (χ1n) is 5.52. The van der Waals surface area contributed by atoms with E-state index < -0.39 is 0 Å². The van der Waals surface area contributed by atoms with Crippen molar-refractivity contribution in [2.75, 3.05) is 0 Å². The Labute approximate surface area is 103 Å². The van der Waals surface area contributed by atoms with E-state index in [0.29, 0.717) is 5.11 Å². The molecule has 1 unspecified atom stereocenters. The van der Waals surface area contributed by atoms with Crippen LogP contribution in [-0.4, -0.2) is 10.7 Å². The lowest BCUT2D eigenvalue weighted by atomic mass is 10.1. The lowest BCUT2D eigenvalue weighted by Crippen LogP contribution is -2.46. The summed E-state index contributed by atoms with van der Waals surface area (Å²) in [5, 5.41) is 7.21. The highest BCUT2D eigenvalue weighted by atomic mass is 32.1. The van der Waals surface area contributed by atoms with Crippen molar-refractivity contribution in [1.82, 2.24) is 10.6 Å². The van der Waals surface area contributed by atoms with Crippen molar-refractivity contribution in [2.45, 2.75) is 39.3 Å². The van der Waals surface area contributed by atoms with E-state index in [1.54, 1.807) is 0 Å². The van der Waals surface area contributed by atoms with Gasteiger partial charge >= 0.3 is 0 Å². The zero-order valence-electron chi connectivity index (χ0n) is 10.4. The van der Waals surface area contributed by atoms with Crippen LogP contribution in [0.25, 0.3) is 0 Å². The molecule has 1 rings (SSSR count). The van der Waals surface area contributed by atoms with Crippen LogP contribution in [0.1, 0.15) is 39.3 Å². The highest BCUT2D eigenvalue weighted by molar-refractivity contribution is 7.80. The average Bonchev–Trinajstić information content (AvgIpc) is 2.16. The molecule has 1 aromatic rings. The summed E-state index contributed by atoms with van der Waals surface area (Å²) < 4.78 is 0. The Morgan fingerprint density at radius 2 is 1.75 bits per heavy atom. The van der Waals surface area contributed by atoms with Crippen molar-refractivity contribution < 1.29 is 0 Å². The fourth-order valence-electron chi connectivity index (χ4n) is 1.40. The normalized spacial score (nSPS) is 13.0. The quantitative estimate of drug-likeness (QED) is 0.772. The van der Waals surface area contributed by atoms with Gasteiger partial charge < -0.3 is 10.6 Å². The maximum Gasteiger partial charge on any atom is 0.167 e. The number of hydrogen-bond acceptors (Lipinski definition) is 1. The second-order valence-corrected chi connectivity index (χ2v) is 5.39. The Kier molecular flexibility index (Phi) is 4.30. The van der Waals surface area contributed by atoms with E-state index in [1.165, 1.54) is 5.56 Å².